The molecule has 1 aliphatic carbocycles. The number of hydrogen-bond donors (Lipinski definition) is 2. The molecule has 18 heavy (non-hydrogen) atoms. The van der Waals surface area contributed by atoms with Gasteiger partial charge in [0, 0.05) is 6.04 Å². The summed E-state index contributed by atoms with van der Waals surface area (Å²) in [6.07, 6.45) is 3.76. The SMILES string of the molecule is CCC1CCC(Nc2ccc(C#N)cc2N)C1C. The van der Waals surface area contributed by atoms with Gasteiger partial charge in [-0.25, -0.2) is 0 Å². The first kappa shape index (κ1) is 12.8. The van der Waals surface area contributed by atoms with Gasteiger partial charge in [-0.2, -0.15) is 5.26 Å². The Balaban J connectivity index is 2.09. The van der Waals surface area contributed by atoms with Crippen LogP contribution in [0.1, 0.15) is 38.7 Å². The Morgan fingerprint density at radius 3 is 2.78 bits per heavy atom. The van der Waals surface area contributed by atoms with Crippen molar-refractivity contribution in [3.05, 3.63) is 23.8 Å². The predicted octanol–water partition coefficient (Wildman–Crippen LogP) is 3.38. The van der Waals surface area contributed by atoms with Crippen LogP contribution in [0.15, 0.2) is 18.2 Å². The molecular formula is C15H21N3. The number of nitrogens with one attached hydrogen (secondary N) is 1. The first-order valence-corrected chi connectivity index (χ1v) is 6.71. The molecule has 1 fully saturated rings. The number of nitrogens with two attached hydrogens (primary N) is 1. The Hall–Kier alpha value is -1.69. The maximum Gasteiger partial charge on any atom is 0.0992 e. The Morgan fingerprint density at radius 1 is 1.44 bits per heavy atom. The topological polar surface area (TPSA) is 61.8 Å². The highest BCUT2D eigenvalue weighted by molar-refractivity contribution is 5.68. The van der Waals surface area contributed by atoms with Crippen molar-refractivity contribution in [1.82, 2.24) is 0 Å². The largest absolute Gasteiger partial charge is 0.397 e. The van der Waals surface area contributed by atoms with Crippen LogP contribution in [0.5, 0.6) is 0 Å². The summed E-state index contributed by atoms with van der Waals surface area (Å²) >= 11 is 0. The molecule has 3 atom stereocenters. The molecule has 1 aromatic rings. The Kier molecular flexibility index (Phi) is 3.76. The summed E-state index contributed by atoms with van der Waals surface area (Å²) in [6, 6.07) is 8.08. The van der Waals surface area contributed by atoms with Crippen LogP contribution >= 0.6 is 0 Å². The van der Waals surface area contributed by atoms with E-state index in [0.29, 0.717) is 23.2 Å². The highest BCUT2D eigenvalue weighted by Gasteiger charge is 2.31. The van der Waals surface area contributed by atoms with E-state index in [4.69, 9.17) is 11.0 Å². The van der Waals surface area contributed by atoms with Crippen molar-refractivity contribution in [1.29, 1.82) is 5.26 Å². The second-order valence-corrected chi connectivity index (χ2v) is 5.27. The van der Waals surface area contributed by atoms with Crippen molar-refractivity contribution in [3.8, 4) is 6.07 Å². The van der Waals surface area contributed by atoms with E-state index in [1.165, 1.54) is 19.3 Å². The molecule has 0 saturated heterocycles. The van der Waals surface area contributed by atoms with Crippen LogP contribution in [0.4, 0.5) is 11.4 Å². The third-order valence-corrected chi connectivity index (χ3v) is 4.27. The first-order valence-electron chi connectivity index (χ1n) is 6.71. The Bertz CT molecular complexity index is 461. The van der Waals surface area contributed by atoms with Crippen LogP contribution in [-0.2, 0) is 0 Å². The summed E-state index contributed by atoms with van der Waals surface area (Å²) in [5, 5.41) is 12.4. The lowest BCUT2D eigenvalue weighted by molar-refractivity contribution is 0.392. The predicted molar refractivity (Wildman–Crippen MR) is 75.2 cm³/mol. The summed E-state index contributed by atoms with van der Waals surface area (Å²) in [7, 11) is 0. The van der Waals surface area contributed by atoms with Crippen LogP contribution in [0.2, 0.25) is 0 Å². The van der Waals surface area contributed by atoms with Crippen molar-refractivity contribution in [2.45, 2.75) is 39.2 Å². The fourth-order valence-electron chi connectivity index (χ4n) is 2.99. The minimum absolute atomic E-state index is 0.505. The molecule has 0 amide bonds. The van der Waals surface area contributed by atoms with Gasteiger partial charge >= 0.3 is 0 Å². The van der Waals surface area contributed by atoms with Crippen molar-refractivity contribution in [2.24, 2.45) is 11.8 Å². The molecule has 3 heteroatoms. The summed E-state index contributed by atoms with van der Waals surface area (Å²) in [4.78, 5) is 0. The van der Waals surface area contributed by atoms with Crippen LogP contribution in [0, 0.1) is 23.2 Å². The van der Waals surface area contributed by atoms with Gasteiger partial charge in [0.1, 0.15) is 0 Å². The van der Waals surface area contributed by atoms with E-state index in [1.807, 2.05) is 12.1 Å². The van der Waals surface area contributed by atoms with E-state index in [2.05, 4.69) is 25.2 Å². The van der Waals surface area contributed by atoms with E-state index >= 15 is 0 Å². The van der Waals surface area contributed by atoms with E-state index in [0.717, 1.165) is 11.6 Å². The minimum atomic E-state index is 0.505. The lowest BCUT2D eigenvalue weighted by atomic mass is 9.93. The fraction of sp³-hybridized carbons (Fsp3) is 0.533. The molecule has 0 aromatic heterocycles. The average molecular weight is 243 g/mol. The molecule has 0 aliphatic heterocycles. The molecule has 0 spiro atoms. The molecule has 1 saturated carbocycles. The number of rotatable bonds is 3. The van der Waals surface area contributed by atoms with Crippen LogP contribution in [0.3, 0.4) is 0 Å². The summed E-state index contributed by atoms with van der Waals surface area (Å²) in [5.74, 6) is 1.51. The molecule has 2 rings (SSSR count). The van der Waals surface area contributed by atoms with Crippen LogP contribution in [-0.4, -0.2) is 6.04 Å². The molecule has 0 radical (unpaired) electrons. The monoisotopic (exact) mass is 243 g/mol. The third kappa shape index (κ3) is 2.43. The van der Waals surface area contributed by atoms with Gasteiger partial charge in [0.15, 0.2) is 0 Å². The lowest BCUT2D eigenvalue weighted by Gasteiger charge is -2.22. The van der Waals surface area contributed by atoms with E-state index < -0.39 is 0 Å². The molecule has 1 aromatic carbocycles. The molecule has 0 bridgehead atoms. The summed E-state index contributed by atoms with van der Waals surface area (Å²) in [6.45, 7) is 4.58. The maximum absolute atomic E-state index is 8.82. The number of nitrogen functional groups attached to an aromatic ring is 1. The number of nitriles is 1. The van der Waals surface area contributed by atoms with Gasteiger partial charge in [-0.1, -0.05) is 20.3 Å². The molecular weight excluding hydrogens is 222 g/mol. The molecule has 96 valence electrons. The van der Waals surface area contributed by atoms with Crippen molar-refractivity contribution in [3.63, 3.8) is 0 Å². The molecule has 0 heterocycles. The molecule has 3 N–H and O–H groups in total. The van der Waals surface area contributed by atoms with Gasteiger partial charge in [-0.3, -0.25) is 0 Å². The average Bonchev–Trinajstić information content (AvgIpc) is 2.73. The highest BCUT2D eigenvalue weighted by Crippen LogP contribution is 2.36. The third-order valence-electron chi connectivity index (χ3n) is 4.27. The van der Waals surface area contributed by atoms with Gasteiger partial charge in [0.2, 0.25) is 0 Å². The van der Waals surface area contributed by atoms with Gasteiger partial charge in [0.05, 0.1) is 23.0 Å². The second kappa shape index (κ2) is 5.30. The number of anilines is 2. The van der Waals surface area contributed by atoms with Gasteiger partial charge in [-0.15, -0.1) is 0 Å². The first-order chi connectivity index (χ1) is 8.65. The summed E-state index contributed by atoms with van der Waals surface area (Å²) < 4.78 is 0. The van der Waals surface area contributed by atoms with E-state index in [-0.39, 0.29) is 0 Å². The highest BCUT2D eigenvalue weighted by atomic mass is 15.0. The zero-order chi connectivity index (χ0) is 13.1. The lowest BCUT2D eigenvalue weighted by Crippen LogP contribution is -2.25. The van der Waals surface area contributed by atoms with Crippen LogP contribution < -0.4 is 11.1 Å². The zero-order valence-corrected chi connectivity index (χ0v) is 11.1. The zero-order valence-electron chi connectivity index (χ0n) is 11.1. The van der Waals surface area contributed by atoms with Crippen molar-refractivity contribution in [2.75, 3.05) is 11.1 Å². The normalized spacial score (nSPS) is 26.8. The minimum Gasteiger partial charge on any atom is -0.397 e. The van der Waals surface area contributed by atoms with Crippen LogP contribution in [0.25, 0.3) is 0 Å². The number of nitrogens with zero attached hydrogens (tertiary/aromatic N) is 1. The van der Waals surface area contributed by atoms with Crippen molar-refractivity contribution < 1.29 is 0 Å². The number of hydrogen-bond acceptors (Lipinski definition) is 3. The Labute approximate surface area is 109 Å². The van der Waals surface area contributed by atoms with Crippen molar-refractivity contribution >= 4 is 11.4 Å². The van der Waals surface area contributed by atoms with Gasteiger partial charge in [0.25, 0.3) is 0 Å². The standard InChI is InChI=1S/C15H21N3/c1-3-12-5-7-14(10(12)2)18-15-6-4-11(9-16)8-13(15)17/h4,6,8,10,12,14,18H,3,5,7,17H2,1-2H3. The smallest absolute Gasteiger partial charge is 0.0992 e. The Morgan fingerprint density at radius 2 is 2.22 bits per heavy atom. The van der Waals surface area contributed by atoms with Gasteiger partial charge < -0.3 is 11.1 Å². The molecule has 3 nitrogen and oxygen atoms in total. The second-order valence-electron chi connectivity index (χ2n) is 5.27. The quantitative estimate of drug-likeness (QED) is 0.800. The summed E-state index contributed by atoms with van der Waals surface area (Å²) in [5.41, 5.74) is 8.22. The fourth-order valence-corrected chi connectivity index (χ4v) is 2.99. The maximum atomic E-state index is 8.82. The number of benzene rings is 1. The molecule has 1 aliphatic rings. The molecule has 3 unspecified atom stereocenters. The van der Waals surface area contributed by atoms with E-state index in [9.17, 15) is 0 Å². The van der Waals surface area contributed by atoms with Gasteiger partial charge in [-0.05, 0) is 42.9 Å². The van der Waals surface area contributed by atoms with E-state index in [1.54, 1.807) is 6.07 Å².